The number of aliphatic hydroxyl groups excluding tert-OH is 2. The smallest absolute Gasteiger partial charge is 0.587 e. The third-order valence-electron chi connectivity index (χ3n) is 13.3. The van der Waals surface area contributed by atoms with E-state index in [-0.39, 0.29) is 123 Å². The fourth-order valence-electron chi connectivity index (χ4n) is 9.39. The van der Waals surface area contributed by atoms with E-state index in [4.69, 9.17) is 10.8 Å². The Balaban J connectivity index is 0.000000256. The Morgan fingerprint density at radius 2 is 0.986 bits per heavy atom. The molecule has 2 fully saturated rings. The molecular formula is C54H64FKN2O12S2. The first-order valence-corrected chi connectivity index (χ1v) is 26.8. The van der Waals surface area contributed by atoms with E-state index in [2.05, 4.69) is 18.5 Å². The molecule has 4 aliphatic heterocycles. The van der Waals surface area contributed by atoms with E-state index in [1.165, 1.54) is 0 Å². The minimum atomic E-state index is -3.52. The Labute approximate surface area is 467 Å². The fourth-order valence-corrected chi connectivity index (χ4v) is 13.0. The first-order chi connectivity index (χ1) is 34.3. The summed E-state index contributed by atoms with van der Waals surface area (Å²) in [5.41, 5.74) is 1.50. The number of carbonyl (C=O) groups excluding carboxylic acids is 4. The van der Waals surface area contributed by atoms with Gasteiger partial charge in [-0.05, 0) is 73.9 Å². The van der Waals surface area contributed by atoms with Crippen molar-refractivity contribution >= 4 is 43.3 Å². The van der Waals surface area contributed by atoms with Gasteiger partial charge in [-0.2, -0.15) is 0 Å². The van der Waals surface area contributed by atoms with Crippen LogP contribution >= 0.6 is 0 Å². The minimum Gasteiger partial charge on any atom is -0.587 e. The monoisotopic (exact) mass is 1060 g/mol. The van der Waals surface area contributed by atoms with Gasteiger partial charge in [-0.15, -0.1) is 13.2 Å². The molecule has 4 amide bonds. The average molecular weight is 1060 g/mol. The summed E-state index contributed by atoms with van der Waals surface area (Å²) in [7, 11) is -7.88. The number of amides is 4. The molecule has 4 aromatic carbocycles. The summed E-state index contributed by atoms with van der Waals surface area (Å²) in [5, 5.41) is 24.0. The molecule has 382 valence electrons. The first-order valence-electron chi connectivity index (χ1n) is 24.2. The van der Waals surface area contributed by atoms with Gasteiger partial charge in [0.15, 0.2) is 19.7 Å². The van der Waals surface area contributed by atoms with Crippen LogP contribution in [0.15, 0.2) is 144 Å². The molecular weight excluding hydrogens is 991 g/mol. The number of fused-ring (bicyclic) bond motifs is 2. The Kier molecular flexibility index (Phi) is 22.9. The Bertz CT molecular complexity index is 2670. The van der Waals surface area contributed by atoms with Crippen molar-refractivity contribution in [1.82, 2.24) is 4.90 Å². The third-order valence-corrected chi connectivity index (χ3v) is 17.0. The van der Waals surface area contributed by atoms with E-state index in [1.807, 2.05) is 26.8 Å². The Morgan fingerprint density at radius 3 is 1.35 bits per heavy atom. The van der Waals surface area contributed by atoms with E-state index in [9.17, 15) is 50.6 Å². The Hall–Kier alpha value is -4.05. The maximum atomic E-state index is 13.0. The molecule has 72 heavy (non-hydrogen) atoms. The second-order valence-corrected chi connectivity index (χ2v) is 22.0. The molecule has 0 spiro atoms. The van der Waals surface area contributed by atoms with Gasteiger partial charge in [0.25, 0.3) is 11.8 Å². The van der Waals surface area contributed by atoms with Crippen molar-refractivity contribution in [2.75, 3.05) is 25.2 Å². The van der Waals surface area contributed by atoms with Crippen LogP contribution in [0.4, 0.5) is 4.39 Å². The fraction of sp³-hybridized carbons (Fsp3) is 0.407. The van der Waals surface area contributed by atoms with Gasteiger partial charge in [0, 0.05) is 29.4 Å². The largest absolute Gasteiger partial charge is 1.00 e. The molecule has 4 aliphatic rings. The number of hydrogen-bond acceptors (Lipinski definition) is 12. The van der Waals surface area contributed by atoms with Crippen LogP contribution in [0.2, 0.25) is 0 Å². The number of imide groups is 2. The second kappa shape index (κ2) is 28.0. The number of aliphatic hydroxyl groups is 2. The van der Waals surface area contributed by atoms with E-state index >= 15 is 0 Å². The van der Waals surface area contributed by atoms with Gasteiger partial charge in [0.2, 0.25) is 0 Å². The predicted octanol–water partition coefficient (Wildman–Crippen LogP) is 5.26. The van der Waals surface area contributed by atoms with Crippen LogP contribution in [-0.2, 0) is 29.1 Å². The number of β-amino-alcohol motifs (C(OH)–C–C–N with tert-alkyl or cyclic N) is 1. The number of benzene rings is 4. The molecule has 0 radical (unpaired) electrons. The summed E-state index contributed by atoms with van der Waals surface area (Å²) in [4.78, 5) is 48.7. The van der Waals surface area contributed by atoms with Gasteiger partial charge < -0.3 is 34.6 Å². The zero-order chi connectivity index (χ0) is 52.8. The number of sulfone groups is 2. The summed E-state index contributed by atoms with van der Waals surface area (Å²) in [6.07, 6.45) is 3.56. The van der Waals surface area contributed by atoms with Crippen molar-refractivity contribution in [3.63, 3.8) is 0 Å². The topological polar surface area (TPSA) is 213 Å². The van der Waals surface area contributed by atoms with Gasteiger partial charge in [-0.1, -0.05) is 106 Å². The van der Waals surface area contributed by atoms with Gasteiger partial charge in [0.1, 0.15) is 0 Å². The number of hydrogen-bond donors (Lipinski definition) is 2. The minimum absolute atomic E-state index is 0. The van der Waals surface area contributed by atoms with E-state index in [0.29, 0.717) is 52.8 Å². The van der Waals surface area contributed by atoms with Crippen molar-refractivity contribution in [3.8, 4) is 0 Å². The molecule has 0 aliphatic carbocycles. The van der Waals surface area contributed by atoms with Gasteiger partial charge >= 0.3 is 51.4 Å². The number of carbonyl (C=O) groups is 4. The maximum absolute atomic E-state index is 13.0. The maximum Gasteiger partial charge on any atom is 1.00 e. The second-order valence-electron chi connectivity index (χ2n) is 17.9. The Morgan fingerprint density at radius 1 is 0.639 bits per heavy atom. The standard InChI is InChI=1S/C26H29NO6S.C19H28O4S.C8H5NO2.CH3F.K/c1-3-9-23-22(16-34(31,32)19-10-5-4-6-11-19)17(2)24(33-23)14-18(28)15-27-25(29)20-12-7-8-13-21(20)26(27)30;1-4-9-18-17(14(3)19(23-18)12-15(20)5-2)13-24(21,22)16-10-7-6-8-11-16;10-7-5-3-1-2-4-6(5)8(11)9-7;1-2;/h3-8,10-13,17-18,22-24,28H,1,9,14-16H2,2H3;4,6-8,10-11,14-15,17-20H,1,5,9,12-13H2,2-3H3;1-4H,(H,9,10,11);1H3;/q;;;;+1/p-1/t17-,18+,22-,23+,24-;14-,15-,17-,18+,19-;;;/m11.../s1/i;;;1D;. The molecule has 4 heterocycles. The van der Waals surface area contributed by atoms with E-state index in [1.54, 1.807) is 115 Å². The summed E-state index contributed by atoms with van der Waals surface area (Å²) < 4.78 is 79.3. The van der Waals surface area contributed by atoms with E-state index in [0.717, 1.165) is 4.90 Å². The number of nitrogens with zero attached hydrogens (tertiary/aromatic N) is 2. The summed E-state index contributed by atoms with van der Waals surface area (Å²) >= 11 is 0. The summed E-state index contributed by atoms with van der Waals surface area (Å²) in [5.74, 6) is -2.14. The van der Waals surface area contributed by atoms with Crippen LogP contribution in [0.3, 0.4) is 0 Å². The zero-order valence-electron chi connectivity index (χ0n) is 42.2. The molecule has 0 aromatic heterocycles. The third kappa shape index (κ3) is 15.1. The van der Waals surface area contributed by atoms with E-state index < -0.39 is 68.8 Å². The number of halogens is 1. The van der Waals surface area contributed by atoms with Crippen molar-refractivity contribution in [2.24, 2.45) is 23.7 Å². The van der Waals surface area contributed by atoms with Gasteiger partial charge in [-0.25, -0.2) is 16.8 Å². The molecule has 10 atom stereocenters. The molecule has 0 unspecified atom stereocenters. The number of ether oxygens (including phenoxy) is 2. The van der Waals surface area contributed by atoms with Crippen LogP contribution < -0.4 is 51.4 Å². The van der Waals surface area contributed by atoms with Crippen molar-refractivity contribution in [3.05, 3.63) is 162 Å². The molecule has 2 saturated heterocycles. The predicted molar refractivity (Wildman–Crippen MR) is 268 cm³/mol. The van der Waals surface area contributed by atoms with Crippen molar-refractivity contribution in [1.29, 1.82) is 0 Å². The molecule has 8 rings (SSSR count). The zero-order valence-corrected chi connectivity index (χ0v) is 45.9. The summed E-state index contributed by atoms with van der Waals surface area (Å²) in [6.45, 7) is 13.3. The number of rotatable bonds is 17. The quantitative estimate of drug-likeness (QED) is 0.0788. The van der Waals surface area contributed by atoms with Crippen LogP contribution in [0.1, 0.15) is 95.7 Å². The van der Waals surface area contributed by atoms with Gasteiger partial charge in [-0.3, -0.25) is 18.9 Å². The van der Waals surface area contributed by atoms with Crippen LogP contribution in [0, 0.1) is 23.7 Å². The molecule has 18 heteroatoms. The molecule has 2 N–H and O–H groups in total. The molecule has 0 bridgehead atoms. The van der Waals surface area contributed by atoms with Crippen molar-refractivity contribution < 1.29 is 113 Å². The number of alkyl halides is 1. The molecule has 4 aromatic rings. The van der Waals surface area contributed by atoms with Gasteiger partial charge in [0.05, 0.1) is 95.9 Å². The average Bonchev–Trinajstić information content (AvgIpc) is 4.01. The van der Waals surface area contributed by atoms with Crippen molar-refractivity contribution in [2.45, 2.75) is 99.3 Å². The molecule has 14 nitrogen and oxygen atoms in total. The van der Waals surface area contributed by atoms with Crippen LogP contribution in [0.25, 0.3) is 5.32 Å². The normalized spacial score (nSPS) is 24.0. The summed E-state index contributed by atoms with van der Waals surface area (Å²) in [6, 6.07) is 30.1. The SMILES string of the molecule is C=CC[C@@H]1O[C@H](C[C@H](O)CC)[C@H](C)[C@H]1CS(=O)(=O)c1ccccc1.C=CC[C@@H]1O[C@H](C[C@H](O)CN2C(=O)c3ccccc3C2=O)[C@H](C)[C@H]1CS(=O)(=O)c1ccccc1.O=C1[N-]C(=O)c2ccccc21.[2H]CF.[K+]. The molecule has 0 saturated carbocycles. The first kappa shape index (κ1) is 58.8. The van der Waals surface area contributed by atoms with Crippen LogP contribution in [-0.4, -0.2) is 117 Å². The van der Waals surface area contributed by atoms with Crippen LogP contribution in [0.5, 0.6) is 0 Å².